The van der Waals surface area contributed by atoms with Gasteiger partial charge in [-0.25, -0.2) is 0 Å². The topological polar surface area (TPSA) is 63.7 Å². The molecule has 6 heteroatoms. The van der Waals surface area contributed by atoms with Gasteiger partial charge in [0.2, 0.25) is 5.91 Å². The van der Waals surface area contributed by atoms with Crippen molar-refractivity contribution in [2.24, 2.45) is 0 Å². The van der Waals surface area contributed by atoms with Crippen molar-refractivity contribution in [3.8, 4) is 5.75 Å². The van der Waals surface area contributed by atoms with Crippen LogP contribution in [0.3, 0.4) is 0 Å². The van der Waals surface area contributed by atoms with Crippen molar-refractivity contribution < 1.29 is 17.4 Å². The van der Waals surface area contributed by atoms with Crippen molar-refractivity contribution in [1.82, 2.24) is 4.90 Å². The summed E-state index contributed by atoms with van der Waals surface area (Å²) in [5, 5.41) is 0. The summed E-state index contributed by atoms with van der Waals surface area (Å²) >= 11 is 0. The van der Waals surface area contributed by atoms with E-state index >= 15 is 0 Å². The van der Waals surface area contributed by atoms with E-state index in [9.17, 15) is 13.2 Å². The minimum atomic E-state index is -3.50. The number of rotatable bonds is 7. The summed E-state index contributed by atoms with van der Waals surface area (Å²) in [4.78, 5) is 13.5. The average Bonchev–Trinajstić information content (AvgIpc) is 2.45. The Bertz CT molecular complexity index is 566. The summed E-state index contributed by atoms with van der Waals surface area (Å²) in [6.45, 7) is 7.63. The van der Waals surface area contributed by atoms with Crippen molar-refractivity contribution >= 4 is 16.0 Å². The smallest absolute Gasteiger partial charge is 0.308 e. The van der Waals surface area contributed by atoms with E-state index < -0.39 is 10.1 Å². The Morgan fingerprint density at radius 2 is 1.81 bits per heavy atom. The van der Waals surface area contributed by atoms with Gasteiger partial charge in [0.15, 0.2) is 0 Å². The first-order valence-corrected chi connectivity index (χ1v) is 8.65. The number of carbonyl (C=O) groups excluding carboxylic acids is 1. The predicted octanol–water partition coefficient (Wildman–Crippen LogP) is 2.56. The van der Waals surface area contributed by atoms with Gasteiger partial charge in [-0.15, -0.1) is 0 Å². The molecule has 0 aliphatic heterocycles. The standard InChI is InChI=1S/C15H23NO4S/c1-5-12(3)16(13(4)17)11-14-7-9-15(10-8-14)20-21(18,19)6-2/h7-10,12H,5-6,11H2,1-4H3. The molecule has 0 fully saturated rings. The molecule has 0 saturated heterocycles. The van der Waals surface area contributed by atoms with E-state index in [1.54, 1.807) is 36.1 Å². The molecule has 21 heavy (non-hydrogen) atoms. The maximum Gasteiger partial charge on any atom is 0.308 e. The van der Waals surface area contributed by atoms with Gasteiger partial charge >= 0.3 is 10.1 Å². The molecule has 0 aromatic heterocycles. The molecule has 0 saturated carbocycles. The summed E-state index contributed by atoms with van der Waals surface area (Å²) in [6.07, 6.45) is 0.884. The molecule has 118 valence electrons. The third-order valence-corrected chi connectivity index (χ3v) is 4.53. The summed E-state index contributed by atoms with van der Waals surface area (Å²) in [5.41, 5.74) is 0.937. The van der Waals surface area contributed by atoms with Gasteiger partial charge in [0.1, 0.15) is 5.75 Å². The first-order chi connectivity index (χ1) is 9.79. The molecule has 1 aromatic rings. The first kappa shape index (κ1) is 17.5. The van der Waals surface area contributed by atoms with E-state index in [4.69, 9.17) is 4.18 Å². The van der Waals surface area contributed by atoms with Gasteiger partial charge in [0.05, 0.1) is 5.75 Å². The van der Waals surface area contributed by atoms with E-state index in [2.05, 4.69) is 0 Å². The zero-order valence-electron chi connectivity index (χ0n) is 13.0. The highest BCUT2D eigenvalue weighted by molar-refractivity contribution is 7.87. The lowest BCUT2D eigenvalue weighted by atomic mass is 10.1. The molecular weight excluding hydrogens is 290 g/mol. The SMILES string of the molecule is CCC(C)N(Cc1ccc(OS(=O)(=O)CC)cc1)C(C)=O. The molecule has 0 N–H and O–H groups in total. The fourth-order valence-corrected chi connectivity index (χ4v) is 2.37. The Kier molecular flexibility index (Phi) is 6.20. The lowest BCUT2D eigenvalue weighted by Gasteiger charge is -2.27. The van der Waals surface area contributed by atoms with E-state index in [1.165, 1.54) is 6.92 Å². The maximum atomic E-state index is 11.7. The van der Waals surface area contributed by atoms with Crippen molar-refractivity contribution in [3.05, 3.63) is 29.8 Å². The third-order valence-electron chi connectivity index (χ3n) is 3.38. The Morgan fingerprint density at radius 3 is 2.24 bits per heavy atom. The van der Waals surface area contributed by atoms with Gasteiger partial charge in [-0.2, -0.15) is 8.42 Å². The zero-order chi connectivity index (χ0) is 16.0. The highest BCUT2D eigenvalue weighted by Gasteiger charge is 2.15. The van der Waals surface area contributed by atoms with Gasteiger partial charge < -0.3 is 9.08 Å². The molecule has 0 aliphatic carbocycles. The number of amides is 1. The van der Waals surface area contributed by atoms with Gasteiger partial charge in [-0.1, -0.05) is 19.1 Å². The fourth-order valence-electron chi connectivity index (χ4n) is 1.85. The number of nitrogens with zero attached hydrogens (tertiary/aromatic N) is 1. The van der Waals surface area contributed by atoms with Crippen molar-refractivity contribution in [1.29, 1.82) is 0 Å². The van der Waals surface area contributed by atoms with Crippen LogP contribution in [0.2, 0.25) is 0 Å². The van der Waals surface area contributed by atoms with Gasteiger partial charge in [-0.05, 0) is 38.0 Å². The molecule has 0 spiro atoms. The summed E-state index contributed by atoms with van der Waals surface area (Å²) < 4.78 is 27.7. The van der Waals surface area contributed by atoms with E-state index in [1.807, 2.05) is 13.8 Å². The van der Waals surface area contributed by atoms with Gasteiger partial charge in [0, 0.05) is 19.5 Å². The second kappa shape index (κ2) is 7.45. The quantitative estimate of drug-likeness (QED) is 0.726. The van der Waals surface area contributed by atoms with Crippen LogP contribution in [-0.4, -0.2) is 31.0 Å². The van der Waals surface area contributed by atoms with Crippen LogP contribution in [0.4, 0.5) is 0 Å². The minimum Gasteiger partial charge on any atom is -0.382 e. The highest BCUT2D eigenvalue weighted by atomic mass is 32.2. The van der Waals surface area contributed by atoms with Crippen LogP contribution < -0.4 is 4.18 Å². The maximum absolute atomic E-state index is 11.7. The monoisotopic (exact) mass is 313 g/mol. The predicted molar refractivity (Wildman–Crippen MR) is 82.5 cm³/mol. The van der Waals surface area contributed by atoms with Crippen LogP contribution in [0.15, 0.2) is 24.3 Å². The Morgan fingerprint density at radius 1 is 1.24 bits per heavy atom. The molecule has 5 nitrogen and oxygen atoms in total. The molecule has 0 radical (unpaired) electrons. The van der Waals surface area contributed by atoms with Gasteiger partial charge in [0.25, 0.3) is 0 Å². The molecule has 1 atom stereocenters. The number of hydrogen-bond donors (Lipinski definition) is 0. The van der Waals surface area contributed by atoms with E-state index in [0.29, 0.717) is 12.3 Å². The van der Waals surface area contributed by atoms with Crippen LogP contribution in [0.25, 0.3) is 0 Å². The molecule has 1 unspecified atom stereocenters. The minimum absolute atomic E-state index is 0.0261. The summed E-state index contributed by atoms with van der Waals surface area (Å²) in [5.74, 6) is 0.248. The van der Waals surface area contributed by atoms with Gasteiger partial charge in [-0.3, -0.25) is 4.79 Å². The number of carbonyl (C=O) groups is 1. The largest absolute Gasteiger partial charge is 0.382 e. The van der Waals surface area contributed by atoms with Crippen LogP contribution in [0.5, 0.6) is 5.75 Å². The average molecular weight is 313 g/mol. The fraction of sp³-hybridized carbons (Fsp3) is 0.533. The van der Waals surface area contributed by atoms with E-state index in [-0.39, 0.29) is 17.7 Å². The molecule has 0 aliphatic rings. The lowest BCUT2D eigenvalue weighted by Crippen LogP contribution is -2.36. The van der Waals surface area contributed by atoms with Crippen LogP contribution in [-0.2, 0) is 21.5 Å². The Hall–Kier alpha value is -1.56. The Balaban J connectivity index is 2.80. The zero-order valence-corrected chi connectivity index (χ0v) is 13.8. The molecule has 0 bridgehead atoms. The lowest BCUT2D eigenvalue weighted by molar-refractivity contribution is -0.131. The summed E-state index contributed by atoms with van der Waals surface area (Å²) in [6, 6.07) is 6.94. The number of benzene rings is 1. The number of hydrogen-bond acceptors (Lipinski definition) is 4. The first-order valence-electron chi connectivity index (χ1n) is 7.07. The normalized spacial score (nSPS) is 12.8. The highest BCUT2D eigenvalue weighted by Crippen LogP contribution is 2.17. The van der Waals surface area contributed by atoms with Crippen LogP contribution >= 0.6 is 0 Å². The van der Waals surface area contributed by atoms with E-state index in [0.717, 1.165) is 12.0 Å². The molecule has 1 rings (SSSR count). The molecule has 0 heterocycles. The molecule has 1 amide bonds. The second-order valence-electron chi connectivity index (χ2n) is 4.98. The third kappa shape index (κ3) is 5.38. The second-order valence-corrected chi connectivity index (χ2v) is 6.84. The Labute approximate surface area is 127 Å². The molecular formula is C15H23NO4S. The van der Waals surface area contributed by atoms with Crippen molar-refractivity contribution in [3.63, 3.8) is 0 Å². The summed E-state index contributed by atoms with van der Waals surface area (Å²) in [7, 11) is -3.50. The molecule has 1 aromatic carbocycles. The van der Waals surface area contributed by atoms with Crippen LogP contribution in [0.1, 0.15) is 39.7 Å². The van der Waals surface area contributed by atoms with Crippen molar-refractivity contribution in [2.45, 2.75) is 46.7 Å². The van der Waals surface area contributed by atoms with Crippen LogP contribution in [0, 0.1) is 0 Å². The van der Waals surface area contributed by atoms with Crippen molar-refractivity contribution in [2.75, 3.05) is 5.75 Å².